The van der Waals surface area contributed by atoms with Crippen LogP contribution in [-0.4, -0.2) is 40.6 Å². The van der Waals surface area contributed by atoms with Gasteiger partial charge < -0.3 is 9.84 Å². The van der Waals surface area contributed by atoms with Crippen LogP contribution in [-0.2, 0) is 14.3 Å². The minimum atomic E-state index is -1.29. The highest BCUT2D eigenvalue weighted by molar-refractivity contribution is 6.02. The van der Waals surface area contributed by atoms with Crippen LogP contribution in [0.1, 0.15) is 19.8 Å². The second-order valence-electron chi connectivity index (χ2n) is 3.79. The van der Waals surface area contributed by atoms with Gasteiger partial charge in [-0.25, -0.2) is 4.79 Å². The summed E-state index contributed by atoms with van der Waals surface area (Å²) in [5.74, 6) is -0.923. The lowest BCUT2D eigenvalue weighted by molar-refractivity contribution is -0.185. The van der Waals surface area contributed by atoms with Crippen LogP contribution in [0.5, 0.6) is 0 Å². The van der Waals surface area contributed by atoms with Gasteiger partial charge in [0, 0.05) is 0 Å². The summed E-state index contributed by atoms with van der Waals surface area (Å²) in [5, 5.41) is 9.95. The average Bonchev–Trinajstić information content (AvgIpc) is 2.68. The van der Waals surface area contributed by atoms with Crippen molar-refractivity contribution in [2.24, 2.45) is 0 Å². The van der Waals surface area contributed by atoms with E-state index in [-0.39, 0.29) is 11.7 Å². The zero-order chi connectivity index (χ0) is 11.2. The molecular weight excluding hydrogens is 198 g/mol. The molecule has 1 N–H and O–H groups in total. The molecule has 2 unspecified atom stereocenters. The van der Waals surface area contributed by atoms with Crippen molar-refractivity contribution >= 4 is 11.9 Å². The summed E-state index contributed by atoms with van der Waals surface area (Å²) in [6.07, 6.45) is 2.53. The number of rotatable bonds is 2. The molecule has 0 radical (unpaired) electrons. The summed E-state index contributed by atoms with van der Waals surface area (Å²) < 4.78 is 4.55. The summed E-state index contributed by atoms with van der Waals surface area (Å²) in [5.41, 5.74) is -1.03. The number of fused-ring (bicyclic) bond motifs is 1. The SMILES string of the molecule is CCC1(O)C(=O)N2C(C(=O)OC)=CCC21. The third-order valence-corrected chi connectivity index (χ3v) is 3.18. The number of hydrogen-bond acceptors (Lipinski definition) is 4. The fraction of sp³-hybridized carbons (Fsp3) is 0.600. The number of β-lactam (4-membered cyclic amide) rings is 1. The van der Waals surface area contributed by atoms with Crippen LogP contribution in [0.3, 0.4) is 0 Å². The Kier molecular flexibility index (Phi) is 2.08. The Balaban J connectivity index is 2.21. The molecule has 82 valence electrons. The molecule has 15 heavy (non-hydrogen) atoms. The van der Waals surface area contributed by atoms with Gasteiger partial charge in [0.05, 0.1) is 13.2 Å². The molecule has 0 aromatic rings. The van der Waals surface area contributed by atoms with Crippen LogP contribution in [0, 0.1) is 0 Å². The highest BCUT2D eigenvalue weighted by atomic mass is 16.5. The standard InChI is InChI=1S/C10H13NO4/c1-3-10(14)7-5-4-6(8(12)15-2)11(7)9(10)13/h4,7,14H,3,5H2,1-2H3. The van der Waals surface area contributed by atoms with E-state index in [0.717, 1.165) is 0 Å². The maximum Gasteiger partial charge on any atom is 0.354 e. The van der Waals surface area contributed by atoms with E-state index in [9.17, 15) is 14.7 Å². The zero-order valence-electron chi connectivity index (χ0n) is 8.69. The van der Waals surface area contributed by atoms with E-state index < -0.39 is 17.5 Å². The predicted molar refractivity (Wildman–Crippen MR) is 50.6 cm³/mol. The molecule has 2 heterocycles. The summed E-state index contributed by atoms with van der Waals surface area (Å²) in [4.78, 5) is 24.3. The number of carbonyl (C=O) groups is 2. The minimum absolute atomic E-state index is 0.255. The van der Waals surface area contributed by atoms with Gasteiger partial charge in [0.15, 0.2) is 5.60 Å². The van der Waals surface area contributed by atoms with Crippen LogP contribution in [0.15, 0.2) is 11.8 Å². The lowest BCUT2D eigenvalue weighted by atomic mass is 9.80. The monoisotopic (exact) mass is 211 g/mol. The zero-order valence-corrected chi connectivity index (χ0v) is 8.69. The number of hydrogen-bond donors (Lipinski definition) is 1. The van der Waals surface area contributed by atoms with E-state index in [4.69, 9.17) is 0 Å². The minimum Gasteiger partial charge on any atom is -0.464 e. The molecule has 1 fully saturated rings. The first-order valence-corrected chi connectivity index (χ1v) is 4.90. The molecular formula is C10H13NO4. The van der Waals surface area contributed by atoms with Crippen molar-refractivity contribution in [3.8, 4) is 0 Å². The fourth-order valence-corrected chi connectivity index (χ4v) is 2.21. The first-order chi connectivity index (χ1) is 7.06. The molecule has 2 aliphatic heterocycles. The van der Waals surface area contributed by atoms with Gasteiger partial charge in [-0.1, -0.05) is 13.0 Å². The Morgan fingerprint density at radius 1 is 1.80 bits per heavy atom. The third-order valence-electron chi connectivity index (χ3n) is 3.18. The number of carbonyl (C=O) groups excluding carboxylic acids is 2. The molecule has 1 amide bonds. The van der Waals surface area contributed by atoms with Gasteiger partial charge in [0.1, 0.15) is 5.70 Å². The fourth-order valence-electron chi connectivity index (χ4n) is 2.21. The van der Waals surface area contributed by atoms with Gasteiger partial charge >= 0.3 is 5.97 Å². The molecule has 0 bridgehead atoms. The molecule has 0 aromatic heterocycles. The second kappa shape index (κ2) is 3.06. The second-order valence-corrected chi connectivity index (χ2v) is 3.79. The highest BCUT2D eigenvalue weighted by Crippen LogP contribution is 2.43. The maximum absolute atomic E-state index is 11.7. The van der Waals surface area contributed by atoms with Crippen LogP contribution in [0.2, 0.25) is 0 Å². The van der Waals surface area contributed by atoms with Crippen LogP contribution >= 0.6 is 0 Å². The topological polar surface area (TPSA) is 66.8 Å². The van der Waals surface area contributed by atoms with Crippen LogP contribution in [0.25, 0.3) is 0 Å². The molecule has 0 spiro atoms. The Bertz CT molecular complexity index is 362. The molecule has 5 nitrogen and oxygen atoms in total. The lowest BCUT2D eigenvalue weighted by Crippen LogP contribution is -2.71. The van der Waals surface area contributed by atoms with Gasteiger partial charge in [-0.15, -0.1) is 0 Å². The van der Waals surface area contributed by atoms with E-state index in [0.29, 0.717) is 12.8 Å². The largest absolute Gasteiger partial charge is 0.464 e. The van der Waals surface area contributed by atoms with Crippen LogP contribution < -0.4 is 0 Å². The van der Waals surface area contributed by atoms with Crippen molar-refractivity contribution in [3.63, 3.8) is 0 Å². The van der Waals surface area contributed by atoms with E-state index in [2.05, 4.69) is 4.74 Å². The van der Waals surface area contributed by atoms with Gasteiger partial charge in [-0.2, -0.15) is 0 Å². The molecule has 1 saturated heterocycles. The van der Waals surface area contributed by atoms with E-state index in [1.807, 2.05) is 0 Å². The van der Waals surface area contributed by atoms with Crippen molar-refractivity contribution in [2.45, 2.75) is 31.4 Å². The summed E-state index contributed by atoms with van der Waals surface area (Å²) >= 11 is 0. The number of nitrogens with zero attached hydrogens (tertiary/aromatic N) is 1. The van der Waals surface area contributed by atoms with E-state index >= 15 is 0 Å². The summed E-state index contributed by atoms with van der Waals surface area (Å²) in [7, 11) is 1.27. The smallest absolute Gasteiger partial charge is 0.354 e. The molecule has 2 atom stereocenters. The van der Waals surface area contributed by atoms with Gasteiger partial charge in [0.25, 0.3) is 5.91 Å². The molecule has 2 aliphatic rings. The van der Waals surface area contributed by atoms with Crippen molar-refractivity contribution in [3.05, 3.63) is 11.8 Å². The van der Waals surface area contributed by atoms with Gasteiger partial charge in [-0.3, -0.25) is 9.69 Å². The molecule has 2 rings (SSSR count). The maximum atomic E-state index is 11.7. The quantitative estimate of drug-likeness (QED) is 0.507. The Hall–Kier alpha value is -1.36. The van der Waals surface area contributed by atoms with E-state index in [1.54, 1.807) is 13.0 Å². The van der Waals surface area contributed by atoms with Gasteiger partial charge in [0.2, 0.25) is 0 Å². The third kappa shape index (κ3) is 1.07. The number of ether oxygens (including phenoxy) is 1. The Morgan fingerprint density at radius 3 is 3.00 bits per heavy atom. The number of aliphatic hydroxyl groups is 1. The van der Waals surface area contributed by atoms with Gasteiger partial charge in [-0.05, 0) is 12.8 Å². The normalized spacial score (nSPS) is 33.3. The summed E-state index contributed by atoms with van der Waals surface area (Å²) in [6, 6.07) is -0.288. The Morgan fingerprint density at radius 2 is 2.47 bits per heavy atom. The first kappa shape index (κ1) is 10.2. The first-order valence-electron chi connectivity index (χ1n) is 4.90. The molecule has 0 saturated carbocycles. The highest BCUT2D eigenvalue weighted by Gasteiger charge is 2.62. The molecule has 0 aliphatic carbocycles. The summed E-state index contributed by atoms with van der Waals surface area (Å²) in [6.45, 7) is 1.76. The number of esters is 1. The predicted octanol–water partition coefficient (Wildman–Crippen LogP) is -0.201. The average molecular weight is 211 g/mol. The van der Waals surface area contributed by atoms with Crippen molar-refractivity contribution in [2.75, 3.05) is 7.11 Å². The lowest BCUT2D eigenvalue weighted by Gasteiger charge is -2.49. The number of amides is 1. The van der Waals surface area contributed by atoms with Crippen molar-refractivity contribution in [1.82, 2.24) is 4.90 Å². The molecule has 5 heteroatoms. The Labute approximate surface area is 87.3 Å². The number of methoxy groups -OCH3 is 1. The van der Waals surface area contributed by atoms with Crippen molar-refractivity contribution in [1.29, 1.82) is 0 Å². The van der Waals surface area contributed by atoms with E-state index in [1.165, 1.54) is 12.0 Å². The van der Waals surface area contributed by atoms with Crippen molar-refractivity contribution < 1.29 is 19.4 Å². The molecule has 0 aromatic carbocycles. The van der Waals surface area contributed by atoms with Crippen LogP contribution in [0.4, 0.5) is 0 Å².